The van der Waals surface area contributed by atoms with E-state index >= 15 is 0 Å². The highest BCUT2D eigenvalue weighted by Gasteiger charge is 2.09. The number of halogens is 2. The predicted octanol–water partition coefficient (Wildman–Crippen LogP) is 5.12. The lowest BCUT2D eigenvalue weighted by atomic mass is 10.1. The first kappa shape index (κ1) is 13.6. The molecule has 4 heteroatoms. The highest BCUT2D eigenvalue weighted by atomic mass is 79.9. The third-order valence-corrected chi connectivity index (χ3v) is 4.24. The third kappa shape index (κ3) is 2.45. The normalized spacial score (nSPS) is 10.9. The lowest BCUT2D eigenvalue weighted by Crippen LogP contribution is -2.01. The van der Waals surface area contributed by atoms with E-state index in [1.807, 2.05) is 36.4 Å². The molecule has 0 aliphatic heterocycles. The molecule has 2 nitrogen and oxygen atoms in total. The standard InChI is InChI=1S/C16H10Br2O2/c17-9-11-2-1-3-13-14(19)8-15(20-16(11)13)10-4-6-12(18)7-5-10/h1-8H,9H2. The van der Waals surface area contributed by atoms with E-state index < -0.39 is 0 Å². The van der Waals surface area contributed by atoms with Gasteiger partial charge in [-0.25, -0.2) is 0 Å². The molecule has 0 spiro atoms. The van der Waals surface area contributed by atoms with Gasteiger partial charge < -0.3 is 4.42 Å². The van der Waals surface area contributed by atoms with Gasteiger partial charge in [-0.15, -0.1) is 0 Å². The van der Waals surface area contributed by atoms with Gasteiger partial charge in [0.25, 0.3) is 0 Å². The highest BCUT2D eigenvalue weighted by molar-refractivity contribution is 9.10. The molecule has 0 amide bonds. The summed E-state index contributed by atoms with van der Waals surface area (Å²) in [4.78, 5) is 12.2. The maximum Gasteiger partial charge on any atom is 0.193 e. The summed E-state index contributed by atoms with van der Waals surface area (Å²) in [5, 5.41) is 1.26. The van der Waals surface area contributed by atoms with Gasteiger partial charge in [-0.1, -0.05) is 56.1 Å². The molecule has 2 aromatic carbocycles. The van der Waals surface area contributed by atoms with Crippen LogP contribution in [-0.2, 0) is 5.33 Å². The number of rotatable bonds is 2. The van der Waals surface area contributed by atoms with Crippen molar-refractivity contribution < 1.29 is 4.42 Å². The van der Waals surface area contributed by atoms with Crippen molar-refractivity contribution in [3.05, 3.63) is 68.8 Å². The van der Waals surface area contributed by atoms with Gasteiger partial charge in [0, 0.05) is 27.0 Å². The van der Waals surface area contributed by atoms with Crippen molar-refractivity contribution in [3.8, 4) is 11.3 Å². The third-order valence-electron chi connectivity index (χ3n) is 3.11. The van der Waals surface area contributed by atoms with Crippen molar-refractivity contribution in [1.82, 2.24) is 0 Å². The van der Waals surface area contributed by atoms with Gasteiger partial charge in [0.15, 0.2) is 5.43 Å². The van der Waals surface area contributed by atoms with Crippen LogP contribution < -0.4 is 5.43 Å². The van der Waals surface area contributed by atoms with Crippen LogP contribution in [0.25, 0.3) is 22.3 Å². The molecule has 0 fully saturated rings. The van der Waals surface area contributed by atoms with Crippen LogP contribution in [0.2, 0.25) is 0 Å². The van der Waals surface area contributed by atoms with E-state index in [0.717, 1.165) is 15.6 Å². The van der Waals surface area contributed by atoms with E-state index in [1.165, 1.54) is 0 Å². The Bertz CT molecular complexity index is 820. The number of alkyl halides is 1. The number of hydrogen-bond acceptors (Lipinski definition) is 2. The van der Waals surface area contributed by atoms with Crippen LogP contribution in [0.1, 0.15) is 5.56 Å². The molecule has 0 aliphatic rings. The molecule has 20 heavy (non-hydrogen) atoms. The molecule has 0 aliphatic carbocycles. The van der Waals surface area contributed by atoms with Crippen LogP contribution in [0, 0.1) is 0 Å². The Morgan fingerprint density at radius 2 is 1.80 bits per heavy atom. The van der Waals surface area contributed by atoms with Gasteiger partial charge in [-0.05, 0) is 18.2 Å². The van der Waals surface area contributed by atoms with Gasteiger partial charge in [-0.2, -0.15) is 0 Å². The summed E-state index contributed by atoms with van der Waals surface area (Å²) in [6, 6.07) is 14.9. The molecule has 0 saturated carbocycles. The molecule has 0 N–H and O–H groups in total. The summed E-state index contributed by atoms with van der Waals surface area (Å²) in [5.41, 5.74) is 2.48. The van der Waals surface area contributed by atoms with Gasteiger partial charge in [0.1, 0.15) is 11.3 Å². The van der Waals surface area contributed by atoms with Gasteiger partial charge in [-0.3, -0.25) is 4.79 Å². The summed E-state index contributed by atoms with van der Waals surface area (Å²) in [6.45, 7) is 0. The molecule has 0 saturated heterocycles. The van der Waals surface area contributed by atoms with E-state index in [4.69, 9.17) is 4.42 Å². The fourth-order valence-corrected chi connectivity index (χ4v) is 2.80. The minimum Gasteiger partial charge on any atom is -0.455 e. The molecule has 1 heterocycles. The SMILES string of the molecule is O=c1cc(-c2ccc(Br)cc2)oc2c(CBr)cccc12. The summed E-state index contributed by atoms with van der Waals surface area (Å²) < 4.78 is 6.94. The molecular weight excluding hydrogens is 384 g/mol. The summed E-state index contributed by atoms with van der Waals surface area (Å²) in [5.74, 6) is 0.586. The zero-order valence-electron chi connectivity index (χ0n) is 10.4. The maximum absolute atomic E-state index is 12.2. The van der Waals surface area contributed by atoms with Crippen LogP contribution in [0.4, 0.5) is 0 Å². The van der Waals surface area contributed by atoms with Crippen LogP contribution in [0.5, 0.6) is 0 Å². The molecule has 0 radical (unpaired) electrons. The van der Waals surface area contributed by atoms with E-state index in [9.17, 15) is 4.79 Å². The molecule has 3 aromatic rings. The summed E-state index contributed by atoms with van der Waals surface area (Å²) in [6.07, 6.45) is 0. The molecule has 0 unspecified atom stereocenters. The Balaban J connectivity index is 2.28. The number of hydrogen-bond donors (Lipinski definition) is 0. The lowest BCUT2D eigenvalue weighted by Gasteiger charge is -2.06. The Kier molecular flexibility index (Phi) is 3.76. The first-order chi connectivity index (χ1) is 9.69. The summed E-state index contributed by atoms with van der Waals surface area (Å²) >= 11 is 6.82. The van der Waals surface area contributed by atoms with Crippen molar-refractivity contribution in [2.45, 2.75) is 5.33 Å². The molecule has 0 bridgehead atoms. The van der Waals surface area contributed by atoms with Crippen molar-refractivity contribution in [2.24, 2.45) is 0 Å². The highest BCUT2D eigenvalue weighted by Crippen LogP contribution is 2.26. The minimum atomic E-state index is -0.0213. The first-order valence-corrected chi connectivity index (χ1v) is 7.98. The Morgan fingerprint density at radius 1 is 1.05 bits per heavy atom. The van der Waals surface area contributed by atoms with Gasteiger partial charge in [0.05, 0.1) is 5.39 Å². The van der Waals surface area contributed by atoms with E-state index in [1.54, 1.807) is 12.1 Å². The van der Waals surface area contributed by atoms with Crippen LogP contribution in [0.3, 0.4) is 0 Å². The Labute approximate surface area is 132 Å². The molecule has 1 aromatic heterocycles. The predicted molar refractivity (Wildman–Crippen MR) is 88.3 cm³/mol. The number of fused-ring (bicyclic) bond motifs is 1. The average Bonchev–Trinajstić information content (AvgIpc) is 2.47. The van der Waals surface area contributed by atoms with E-state index in [-0.39, 0.29) is 5.43 Å². The Morgan fingerprint density at radius 3 is 2.50 bits per heavy atom. The number of benzene rings is 2. The molecule has 100 valence electrons. The zero-order valence-corrected chi connectivity index (χ0v) is 13.6. The maximum atomic E-state index is 12.2. The van der Waals surface area contributed by atoms with Crippen molar-refractivity contribution in [3.63, 3.8) is 0 Å². The Hall–Kier alpha value is -1.39. The largest absolute Gasteiger partial charge is 0.455 e. The molecular formula is C16H10Br2O2. The summed E-state index contributed by atoms with van der Waals surface area (Å²) in [7, 11) is 0. The second-order valence-electron chi connectivity index (χ2n) is 4.41. The first-order valence-electron chi connectivity index (χ1n) is 6.06. The fourth-order valence-electron chi connectivity index (χ4n) is 2.10. The van der Waals surface area contributed by atoms with Crippen molar-refractivity contribution in [1.29, 1.82) is 0 Å². The molecule has 0 atom stereocenters. The second-order valence-corrected chi connectivity index (χ2v) is 5.89. The van der Waals surface area contributed by atoms with Crippen molar-refractivity contribution in [2.75, 3.05) is 0 Å². The van der Waals surface area contributed by atoms with Crippen LogP contribution >= 0.6 is 31.9 Å². The van der Waals surface area contributed by atoms with Gasteiger partial charge >= 0.3 is 0 Å². The topological polar surface area (TPSA) is 30.2 Å². The second kappa shape index (κ2) is 5.54. The number of para-hydroxylation sites is 1. The monoisotopic (exact) mass is 392 g/mol. The average molecular weight is 394 g/mol. The quantitative estimate of drug-likeness (QED) is 0.565. The molecule has 3 rings (SSSR count). The zero-order chi connectivity index (χ0) is 14.1. The van der Waals surface area contributed by atoms with Crippen LogP contribution in [0.15, 0.2) is 62.2 Å². The minimum absolute atomic E-state index is 0.0213. The van der Waals surface area contributed by atoms with Crippen molar-refractivity contribution >= 4 is 42.8 Å². The van der Waals surface area contributed by atoms with Gasteiger partial charge in [0.2, 0.25) is 0 Å². The lowest BCUT2D eigenvalue weighted by molar-refractivity contribution is 0.616. The fraction of sp³-hybridized carbons (Fsp3) is 0.0625. The van der Waals surface area contributed by atoms with E-state index in [0.29, 0.717) is 22.1 Å². The smallest absolute Gasteiger partial charge is 0.193 e. The van der Waals surface area contributed by atoms with Crippen LogP contribution in [-0.4, -0.2) is 0 Å². The van der Waals surface area contributed by atoms with E-state index in [2.05, 4.69) is 31.9 Å².